The number of nitrogens with zero attached hydrogens (tertiary/aromatic N) is 2. The first kappa shape index (κ1) is 24.3. The zero-order valence-electron chi connectivity index (χ0n) is 18.0. The summed E-state index contributed by atoms with van der Waals surface area (Å²) in [5, 5.41) is 0.901. The summed E-state index contributed by atoms with van der Waals surface area (Å²) in [6.07, 6.45) is 3.57. The summed E-state index contributed by atoms with van der Waals surface area (Å²) >= 11 is 14.1. The van der Waals surface area contributed by atoms with Crippen LogP contribution in [0.2, 0.25) is 5.02 Å². The molecule has 0 radical (unpaired) electrons. The monoisotopic (exact) mass is 632 g/mol. The number of hydrogen-bond donors (Lipinski definition) is 0. The van der Waals surface area contributed by atoms with Crippen molar-refractivity contribution in [3.05, 3.63) is 108 Å². The van der Waals surface area contributed by atoms with Crippen LogP contribution >= 0.6 is 55.2 Å². The Morgan fingerprint density at radius 1 is 0.971 bits per heavy atom. The van der Waals surface area contributed by atoms with Crippen LogP contribution in [0.4, 0.5) is 9.18 Å². The van der Waals surface area contributed by atoms with Gasteiger partial charge in [0.05, 0.1) is 18.0 Å². The highest BCUT2D eigenvalue weighted by Gasteiger charge is 2.35. The van der Waals surface area contributed by atoms with E-state index < -0.39 is 0 Å². The van der Waals surface area contributed by atoms with E-state index in [0.29, 0.717) is 15.5 Å². The summed E-state index contributed by atoms with van der Waals surface area (Å²) in [6, 6.07) is 17.9. The Bertz CT molecular complexity index is 1500. The minimum Gasteiger partial charge on any atom is -0.342 e. The van der Waals surface area contributed by atoms with Crippen molar-refractivity contribution in [2.75, 3.05) is 0 Å². The predicted octanol–water partition coefficient (Wildman–Crippen LogP) is 8.24. The fraction of sp³-hybridized carbons (Fsp3) is 0.0769. The van der Waals surface area contributed by atoms with Gasteiger partial charge in [0.15, 0.2) is 0 Å². The van der Waals surface area contributed by atoms with Crippen molar-refractivity contribution in [3.8, 4) is 0 Å². The maximum atomic E-state index is 14.5. The van der Waals surface area contributed by atoms with Crippen LogP contribution in [0, 0.1) is 5.82 Å². The average Bonchev–Trinajstić information content (AvgIpc) is 3.29. The van der Waals surface area contributed by atoms with Crippen molar-refractivity contribution in [2.45, 2.75) is 13.1 Å². The second-order valence-electron chi connectivity index (χ2n) is 7.97. The molecule has 5 rings (SSSR count). The van der Waals surface area contributed by atoms with Crippen molar-refractivity contribution in [1.29, 1.82) is 0 Å². The third-order valence-electron chi connectivity index (χ3n) is 5.68. The normalized spacial score (nSPS) is 15.1. The maximum absolute atomic E-state index is 14.5. The van der Waals surface area contributed by atoms with Crippen molar-refractivity contribution < 1.29 is 14.0 Å². The molecule has 0 saturated carbocycles. The first-order valence-electron chi connectivity index (χ1n) is 10.5. The van der Waals surface area contributed by atoms with Gasteiger partial charge in [0.1, 0.15) is 5.82 Å². The number of aromatic nitrogens is 1. The molecule has 1 fully saturated rings. The Kier molecular flexibility index (Phi) is 6.90. The minimum absolute atomic E-state index is 0.203. The largest absolute Gasteiger partial charge is 0.342 e. The number of imide groups is 1. The van der Waals surface area contributed by atoms with Crippen LogP contribution in [0.5, 0.6) is 0 Å². The molecule has 4 aromatic rings. The Balaban J connectivity index is 1.50. The summed E-state index contributed by atoms with van der Waals surface area (Å²) in [4.78, 5) is 27.3. The van der Waals surface area contributed by atoms with Crippen LogP contribution in [-0.4, -0.2) is 20.6 Å². The van der Waals surface area contributed by atoms with Gasteiger partial charge in [0.2, 0.25) is 0 Å². The van der Waals surface area contributed by atoms with Crippen molar-refractivity contribution >= 4 is 83.3 Å². The zero-order valence-corrected chi connectivity index (χ0v) is 22.7. The predicted molar refractivity (Wildman–Crippen MR) is 146 cm³/mol. The molecule has 9 heteroatoms. The van der Waals surface area contributed by atoms with E-state index in [0.717, 1.165) is 42.7 Å². The second-order valence-corrected chi connectivity index (χ2v) is 11.2. The van der Waals surface area contributed by atoms with Crippen LogP contribution in [-0.2, 0) is 17.9 Å². The molecule has 0 bridgehead atoms. The fourth-order valence-electron chi connectivity index (χ4n) is 3.95. The zero-order chi connectivity index (χ0) is 24.7. The van der Waals surface area contributed by atoms with E-state index in [-0.39, 0.29) is 30.1 Å². The lowest BCUT2D eigenvalue weighted by atomic mass is 10.1. The van der Waals surface area contributed by atoms with Crippen LogP contribution < -0.4 is 0 Å². The van der Waals surface area contributed by atoms with E-state index in [1.54, 1.807) is 18.2 Å². The van der Waals surface area contributed by atoms with E-state index in [2.05, 4.69) is 31.9 Å². The highest BCUT2D eigenvalue weighted by Crippen LogP contribution is 2.36. The topological polar surface area (TPSA) is 42.3 Å². The maximum Gasteiger partial charge on any atom is 0.293 e. The SMILES string of the molecule is O=C1S/C(=C\c2cn(Cc3c(F)cccc3Cl)c3ccc(Br)cc23)C(=O)N1Cc1ccc(Br)cc1. The van der Waals surface area contributed by atoms with Gasteiger partial charge >= 0.3 is 0 Å². The molecule has 2 heterocycles. The van der Waals surface area contributed by atoms with E-state index in [4.69, 9.17) is 11.6 Å². The van der Waals surface area contributed by atoms with Crippen LogP contribution in [0.1, 0.15) is 16.7 Å². The Labute approximate surface area is 227 Å². The highest BCUT2D eigenvalue weighted by molar-refractivity contribution is 9.10. The van der Waals surface area contributed by atoms with Crippen molar-refractivity contribution in [2.24, 2.45) is 0 Å². The van der Waals surface area contributed by atoms with E-state index in [1.807, 2.05) is 53.2 Å². The molecular formula is C26H16Br2ClFN2O2S. The average molecular weight is 635 g/mol. The number of hydrogen-bond acceptors (Lipinski definition) is 3. The van der Waals surface area contributed by atoms with Crippen LogP contribution in [0.3, 0.4) is 0 Å². The van der Waals surface area contributed by atoms with Gasteiger partial charge in [0.25, 0.3) is 11.1 Å². The molecule has 1 aliphatic heterocycles. The van der Waals surface area contributed by atoms with Gasteiger partial charge in [-0.3, -0.25) is 14.5 Å². The molecule has 1 aromatic heterocycles. The molecule has 176 valence electrons. The molecule has 35 heavy (non-hydrogen) atoms. The molecule has 0 aliphatic carbocycles. The first-order valence-corrected chi connectivity index (χ1v) is 13.3. The smallest absolute Gasteiger partial charge is 0.293 e. The molecule has 0 spiro atoms. The molecular weight excluding hydrogens is 619 g/mol. The van der Waals surface area contributed by atoms with E-state index >= 15 is 0 Å². The lowest BCUT2D eigenvalue weighted by Gasteiger charge is -2.12. The van der Waals surface area contributed by atoms with E-state index in [1.165, 1.54) is 11.0 Å². The van der Waals surface area contributed by atoms with Crippen LogP contribution in [0.25, 0.3) is 17.0 Å². The highest BCUT2D eigenvalue weighted by atomic mass is 79.9. The number of thioether (sulfide) groups is 1. The van der Waals surface area contributed by atoms with Gasteiger partial charge < -0.3 is 4.57 Å². The number of carbonyl (C=O) groups is 2. The number of benzene rings is 3. The quantitative estimate of drug-likeness (QED) is 0.208. The third kappa shape index (κ3) is 4.98. The molecule has 0 atom stereocenters. The number of halogens is 4. The summed E-state index contributed by atoms with van der Waals surface area (Å²) in [6.45, 7) is 0.427. The lowest BCUT2D eigenvalue weighted by Crippen LogP contribution is -2.27. The van der Waals surface area contributed by atoms with Gasteiger partial charge in [-0.05, 0) is 65.9 Å². The summed E-state index contributed by atoms with van der Waals surface area (Å²) in [7, 11) is 0. The number of rotatable bonds is 5. The third-order valence-corrected chi connectivity index (χ3v) is 7.96. The minimum atomic E-state index is -0.382. The van der Waals surface area contributed by atoms with Crippen LogP contribution in [0.15, 0.2) is 80.7 Å². The Morgan fingerprint density at radius 3 is 2.46 bits per heavy atom. The van der Waals surface area contributed by atoms with Gasteiger partial charge in [-0.2, -0.15) is 0 Å². The molecule has 0 N–H and O–H groups in total. The number of amides is 2. The van der Waals surface area contributed by atoms with Crippen molar-refractivity contribution in [1.82, 2.24) is 9.47 Å². The molecule has 4 nitrogen and oxygen atoms in total. The van der Waals surface area contributed by atoms with Gasteiger partial charge in [0, 0.05) is 42.2 Å². The molecule has 2 amide bonds. The van der Waals surface area contributed by atoms with Crippen molar-refractivity contribution in [3.63, 3.8) is 0 Å². The summed E-state index contributed by atoms with van der Waals surface area (Å²) < 4.78 is 18.1. The molecule has 3 aromatic carbocycles. The van der Waals surface area contributed by atoms with Gasteiger partial charge in [-0.1, -0.05) is 61.7 Å². The number of fused-ring (bicyclic) bond motifs is 1. The Morgan fingerprint density at radius 2 is 1.71 bits per heavy atom. The second kappa shape index (κ2) is 9.93. The molecule has 1 saturated heterocycles. The van der Waals surface area contributed by atoms with E-state index in [9.17, 15) is 14.0 Å². The van der Waals surface area contributed by atoms with Gasteiger partial charge in [-0.15, -0.1) is 0 Å². The lowest BCUT2D eigenvalue weighted by molar-refractivity contribution is -0.123. The Hall–Kier alpha value is -2.39. The first-order chi connectivity index (χ1) is 16.8. The molecule has 1 aliphatic rings. The summed E-state index contributed by atoms with van der Waals surface area (Å²) in [5.41, 5.74) is 2.85. The standard InChI is InChI=1S/C26H16Br2ClFN2O2S/c27-17-6-4-15(5-7-17)12-32-25(33)24(35-26(32)34)10-16-13-31(23-9-8-18(28)11-19(16)23)14-20-21(29)2-1-3-22(20)30/h1-11,13H,12,14H2/b24-10-. The number of carbonyl (C=O) groups excluding carboxylic acids is 2. The molecule has 0 unspecified atom stereocenters. The van der Waals surface area contributed by atoms with Gasteiger partial charge in [-0.25, -0.2) is 4.39 Å². The summed E-state index contributed by atoms with van der Waals surface area (Å²) in [5.74, 6) is -0.719. The fourth-order valence-corrected chi connectivity index (χ4v) is 5.62.